The second kappa shape index (κ2) is 7.82. The molecule has 0 saturated heterocycles. The fourth-order valence-electron chi connectivity index (χ4n) is 2.90. The number of thioether (sulfide) groups is 1. The zero-order valence-electron chi connectivity index (χ0n) is 16.6. The Hall–Kier alpha value is -2.94. The van der Waals surface area contributed by atoms with Crippen molar-refractivity contribution in [2.75, 3.05) is 24.7 Å². The molecule has 1 aliphatic rings. The van der Waals surface area contributed by atoms with E-state index in [9.17, 15) is 4.79 Å². The van der Waals surface area contributed by atoms with Crippen molar-refractivity contribution in [2.24, 2.45) is 0 Å². The monoisotopic (exact) mass is 409 g/mol. The molecule has 9 heteroatoms. The highest BCUT2D eigenvalue weighted by Crippen LogP contribution is 2.34. The lowest BCUT2D eigenvalue weighted by Gasteiger charge is -2.15. The number of amides is 1. The molecule has 1 saturated carbocycles. The summed E-state index contributed by atoms with van der Waals surface area (Å²) in [6.45, 7) is 1.99. The van der Waals surface area contributed by atoms with E-state index in [1.807, 2.05) is 51.4 Å². The molecule has 0 radical (unpaired) electrons. The van der Waals surface area contributed by atoms with Gasteiger partial charge < -0.3 is 16.0 Å². The van der Waals surface area contributed by atoms with Gasteiger partial charge in [0.25, 0.3) is 5.91 Å². The number of nitrogens with zero attached hydrogens (tertiary/aromatic N) is 5. The topological polar surface area (TPSA) is 110 Å². The Bertz CT molecular complexity index is 1070. The van der Waals surface area contributed by atoms with Gasteiger partial charge in [0.1, 0.15) is 5.82 Å². The molecule has 2 heterocycles. The number of nitrogens with two attached hydrogens (primary N) is 1. The molecule has 1 aliphatic carbocycles. The van der Waals surface area contributed by atoms with E-state index in [0.29, 0.717) is 23.4 Å². The molecule has 1 fully saturated rings. The van der Waals surface area contributed by atoms with Gasteiger partial charge in [-0.3, -0.25) is 4.79 Å². The summed E-state index contributed by atoms with van der Waals surface area (Å²) in [5, 5.41) is 4.54. The van der Waals surface area contributed by atoms with Crippen molar-refractivity contribution in [1.29, 1.82) is 0 Å². The molecule has 3 aromatic rings. The molecule has 0 spiro atoms. The predicted octanol–water partition coefficient (Wildman–Crippen LogP) is 2.81. The number of hydrogen-bond acceptors (Lipinski definition) is 8. The molecule has 0 bridgehead atoms. The Balaban J connectivity index is 1.66. The molecule has 0 unspecified atom stereocenters. The highest BCUT2D eigenvalue weighted by atomic mass is 32.2. The van der Waals surface area contributed by atoms with E-state index in [4.69, 9.17) is 10.7 Å². The average Bonchev–Trinajstić information content (AvgIpc) is 3.50. The maximum Gasteiger partial charge on any atom is 0.252 e. The first-order valence-electron chi connectivity index (χ1n) is 9.47. The van der Waals surface area contributed by atoms with Crippen molar-refractivity contribution < 1.29 is 4.79 Å². The summed E-state index contributed by atoms with van der Waals surface area (Å²) < 4.78 is 0. The summed E-state index contributed by atoms with van der Waals surface area (Å²) in [4.78, 5) is 32.2. The van der Waals surface area contributed by atoms with Crippen LogP contribution in [0.5, 0.6) is 0 Å². The van der Waals surface area contributed by atoms with Crippen LogP contribution in [-0.2, 0) is 0 Å². The molecule has 2 aromatic heterocycles. The molecular weight excluding hydrogens is 386 g/mol. The molecule has 150 valence electrons. The number of para-hydroxylation sites is 1. The summed E-state index contributed by atoms with van der Waals surface area (Å²) in [5.74, 6) is 1.21. The highest BCUT2D eigenvalue weighted by molar-refractivity contribution is 7.99. The number of nitrogens with one attached hydrogen (secondary N) is 1. The third kappa shape index (κ3) is 4.40. The number of carbonyl (C=O) groups is 1. The van der Waals surface area contributed by atoms with Gasteiger partial charge in [0.05, 0.1) is 21.4 Å². The minimum Gasteiger partial charge on any atom is -0.368 e. The molecule has 1 atom stereocenters. The predicted molar refractivity (Wildman–Crippen MR) is 115 cm³/mol. The first-order valence-corrected chi connectivity index (χ1v) is 10.3. The van der Waals surface area contributed by atoms with Crippen molar-refractivity contribution in [2.45, 2.75) is 36.1 Å². The van der Waals surface area contributed by atoms with E-state index in [-0.39, 0.29) is 17.1 Å². The van der Waals surface area contributed by atoms with Gasteiger partial charge in [-0.05, 0) is 31.9 Å². The number of rotatable bonds is 6. The van der Waals surface area contributed by atoms with Crippen LogP contribution < -0.4 is 16.0 Å². The summed E-state index contributed by atoms with van der Waals surface area (Å²) in [5.41, 5.74) is 7.28. The summed E-state index contributed by atoms with van der Waals surface area (Å²) in [6, 6.07) is 9.83. The van der Waals surface area contributed by atoms with Crippen LogP contribution in [0.15, 0.2) is 35.4 Å². The Morgan fingerprint density at radius 2 is 1.97 bits per heavy atom. The van der Waals surface area contributed by atoms with E-state index < -0.39 is 0 Å². The molecule has 1 amide bonds. The zero-order valence-corrected chi connectivity index (χ0v) is 17.4. The van der Waals surface area contributed by atoms with Crippen LogP contribution in [0.3, 0.4) is 0 Å². The lowest BCUT2D eigenvalue weighted by atomic mass is 10.1. The lowest BCUT2D eigenvalue weighted by molar-refractivity contribution is 0.0952. The number of fused-ring (bicyclic) bond motifs is 1. The van der Waals surface area contributed by atoms with Crippen LogP contribution in [-0.4, -0.2) is 46.0 Å². The van der Waals surface area contributed by atoms with E-state index >= 15 is 0 Å². The zero-order chi connectivity index (χ0) is 20.5. The summed E-state index contributed by atoms with van der Waals surface area (Å²) >= 11 is 1.49. The van der Waals surface area contributed by atoms with Crippen molar-refractivity contribution >= 4 is 40.5 Å². The van der Waals surface area contributed by atoms with Gasteiger partial charge >= 0.3 is 0 Å². The number of aromatic nitrogens is 4. The van der Waals surface area contributed by atoms with E-state index in [2.05, 4.69) is 20.3 Å². The first-order chi connectivity index (χ1) is 13.9. The molecule has 0 aliphatic heterocycles. The van der Waals surface area contributed by atoms with Crippen molar-refractivity contribution in [3.63, 3.8) is 0 Å². The number of benzene rings is 1. The quantitative estimate of drug-likeness (QED) is 0.598. The van der Waals surface area contributed by atoms with Crippen LogP contribution in [0.25, 0.3) is 10.9 Å². The second-order valence-electron chi connectivity index (χ2n) is 7.28. The molecule has 3 N–H and O–H groups in total. The van der Waals surface area contributed by atoms with Crippen molar-refractivity contribution in [1.82, 2.24) is 25.3 Å². The van der Waals surface area contributed by atoms with E-state index in [0.717, 1.165) is 28.8 Å². The number of hydrogen-bond donors (Lipinski definition) is 2. The van der Waals surface area contributed by atoms with Gasteiger partial charge in [0, 0.05) is 25.5 Å². The largest absolute Gasteiger partial charge is 0.368 e. The first kappa shape index (κ1) is 19.4. The van der Waals surface area contributed by atoms with Gasteiger partial charge in [-0.15, -0.1) is 0 Å². The summed E-state index contributed by atoms with van der Waals surface area (Å²) in [7, 11) is 3.71. The van der Waals surface area contributed by atoms with Crippen LogP contribution >= 0.6 is 11.8 Å². The van der Waals surface area contributed by atoms with Gasteiger partial charge in [-0.1, -0.05) is 30.0 Å². The molecular formula is C20H23N7OS. The Kier molecular flexibility index (Phi) is 5.23. The van der Waals surface area contributed by atoms with Crippen LogP contribution in [0.1, 0.15) is 41.2 Å². The van der Waals surface area contributed by atoms with Crippen LogP contribution in [0.2, 0.25) is 0 Å². The molecule has 4 rings (SSSR count). The van der Waals surface area contributed by atoms with Crippen molar-refractivity contribution in [3.8, 4) is 0 Å². The average molecular weight is 410 g/mol. The Labute approximate surface area is 173 Å². The van der Waals surface area contributed by atoms with E-state index in [1.54, 1.807) is 4.90 Å². The molecule has 29 heavy (non-hydrogen) atoms. The van der Waals surface area contributed by atoms with Crippen LogP contribution in [0.4, 0.5) is 11.9 Å². The van der Waals surface area contributed by atoms with Gasteiger partial charge in [0.15, 0.2) is 0 Å². The normalized spacial score (nSPS) is 14.6. The number of nitrogen functional groups attached to an aromatic ring is 1. The van der Waals surface area contributed by atoms with Crippen LogP contribution in [0, 0.1) is 0 Å². The highest BCUT2D eigenvalue weighted by Gasteiger charge is 2.25. The van der Waals surface area contributed by atoms with Crippen molar-refractivity contribution in [3.05, 3.63) is 41.7 Å². The SMILES string of the molecule is C[C@H](Sc1cc(C(=O)NC2CC2)c2ccccc2n1)c1nc(N)nc(N(C)C)n1. The minimum absolute atomic E-state index is 0.0556. The summed E-state index contributed by atoms with van der Waals surface area (Å²) in [6.07, 6.45) is 2.09. The number of anilines is 2. The fourth-order valence-corrected chi connectivity index (χ4v) is 3.81. The Morgan fingerprint density at radius 1 is 1.21 bits per heavy atom. The molecule has 8 nitrogen and oxygen atoms in total. The molecule has 1 aromatic carbocycles. The maximum atomic E-state index is 12.8. The lowest BCUT2D eigenvalue weighted by Crippen LogP contribution is -2.25. The number of carbonyl (C=O) groups excluding carboxylic acids is 1. The minimum atomic E-state index is -0.119. The number of pyridine rings is 1. The maximum absolute atomic E-state index is 12.8. The fraction of sp³-hybridized carbons (Fsp3) is 0.350. The van der Waals surface area contributed by atoms with E-state index in [1.165, 1.54) is 11.8 Å². The van der Waals surface area contributed by atoms with Gasteiger partial charge in [-0.25, -0.2) is 4.98 Å². The third-order valence-corrected chi connectivity index (χ3v) is 5.58. The van der Waals surface area contributed by atoms with Gasteiger partial charge in [-0.2, -0.15) is 15.0 Å². The third-order valence-electron chi connectivity index (χ3n) is 4.57. The van der Waals surface area contributed by atoms with Gasteiger partial charge in [0.2, 0.25) is 11.9 Å². The standard InChI is InChI=1S/C20H23N7OS/c1-11(17-24-19(21)26-20(25-17)27(2)3)29-16-10-14(18(28)22-12-8-9-12)13-6-4-5-7-15(13)23-16/h4-7,10-12H,8-9H2,1-3H3,(H,22,28)(H2,21,24,25,26)/t11-/m0/s1. The second-order valence-corrected chi connectivity index (χ2v) is 8.64. The smallest absolute Gasteiger partial charge is 0.252 e. The Morgan fingerprint density at radius 3 is 2.69 bits per heavy atom.